The Morgan fingerprint density at radius 2 is 1.86 bits per heavy atom. The van der Waals surface area contributed by atoms with Crippen LogP contribution in [0.2, 0.25) is 0 Å². The summed E-state index contributed by atoms with van der Waals surface area (Å²) in [5.41, 5.74) is 2.50. The number of amides is 1. The van der Waals surface area contributed by atoms with Crippen molar-refractivity contribution in [2.75, 3.05) is 37.5 Å². The van der Waals surface area contributed by atoms with E-state index < -0.39 is 0 Å². The number of hydrogen-bond donors (Lipinski definition) is 2. The second kappa shape index (κ2) is 8.96. The lowest BCUT2D eigenvalue weighted by Gasteiger charge is -2.12. The van der Waals surface area contributed by atoms with E-state index in [1.165, 1.54) is 4.80 Å². The minimum absolute atomic E-state index is 0.0415. The molecule has 9 heteroatoms. The summed E-state index contributed by atoms with van der Waals surface area (Å²) in [4.78, 5) is 15.4. The second-order valence-corrected chi connectivity index (χ2v) is 6.23. The van der Waals surface area contributed by atoms with Gasteiger partial charge in [0, 0.05) is 31.0 Å². The number of ether oxygens (including phenoxy) is 1. The van der Waals surface area contributed by atoms with Crippen molar-refractivity contribution in [2.24, 2.45) is 0 Å². The molecule has 2 aromatic carbocycles. The molecule has 0 radical (unpaired) electrons. The average Bonchev–Trinajstić information content (AvgIpc) is 3.15. The molecule has 0 saturated carbocycles. The summed E-state index contributed by atoms with van der Waals surface area (Å²) in [5.74, 6) is 0.816. The predicted molar refractivity (Wildman–Crippen MR) is 105 cm³/mol. The van der Waals surface area contributed by atoms with Crippen LogP contribution in [0.5, 0.6) is 5.75 Å². The summed E-state index contributed by atoms with van der Waals surface area (Å²) < 4.78 is 5.31. The molecule has 1 heterocycles. The zero-order valence-corrected chi connectivity index (χ0v) is 15.7. The van der Waals surface area contributed by atoms with Crippen LogP contribution in [0, 0.1) is 0 Å². The first kappa shape index (κ1) is 19.3. The summed E-state index contributed by atoms with van der Waals surface area (Å²) in [6.45, 7) is 0.153. The van der Waals surface area contributed by atoms with E-state index in [9.17, 15) is 4.79 Å². The van der Waals surface area contributed by atoms with Crippen LogP contribution in [0.1, 0.15) is 0 Å². The number of carbonyl (C=O) groups excluding carboxylic acids is 1. The van der Waals surface area contributed by atoms with Gasteiger partial charge in [-0.3, -0.25) is 4.79 Å². The fourth-order valence-electron chi connectivity index (χ4n) is 2.46. The molecule has 0 saturated heterocycles. The van der Waals surface area contributed by atoms with E-state index in [0.29, 0.717) is 17.3 Å². The maximum absolute atomic E-state index is 12.2. The number of anilines is 2. The summed E-state index contributed by atoms with van der Waals surface area (Å²) in [6, 6.07) is 14.6. The number of carbonyl (C=O) groups is 1. The lowest BCUT2D eigenvalue weighted by Crippen LogP contribution is -2.20. The van der Waals surface area contributed by atoms with Crippen molar-refractivity contribution in [2.45, 2.75) is 6.54 Å². The molecule has 0 fully saturated rings. The third-order valence-electron chi connectivity index (χ3n) is 3.88. The molecule has 0 aliphatic rings. The molecule has 9 nitrogen and oxygen atoms in total. The van der Waals surface area contributed by atoms with E-state index in [2.05, 4.69) is 20.7 Å². The molecule has 3 rings (SSSR count). The Bertz CT molecular complexity index is 906. The Balaban J connectivity index is 1.58. The molecule has 0 aliphatic carbocycles. The monoisotopic (exact) mass is 382 g/mol. The van der Waals surface area contributed by atoms with Crippen molar-refractivity contribution in [1.29, 1.82) is 0 Å². The third kappa shape index (κ3) is 5.04. The van der Waals surface area contributed by atoms with Crippen molar-refractivity contribution in [1.82, 2.24) is 20.2 Å². The van der Waals surface area contributed by atoms with E-state index in [4.69, 9.17) is 9.84 Å². The molecule has 0 atom stereocenters. The molecular formula is C19H22N6O3. The fraction of sp³-hybridized carbons (Fsp3) is 0.263. The Hall–Kier alpha value is -3.46. The number of nitrogens with one attached hydrogen (secondary N) is 1. The molecule has 1 aromatic heterocycles. The van der Waals surface area contributed by atoms with Crippen molar-refractivity contribution in [3.63, 3.8) is 0 Å². The van der Waals surface area contributed by atoms with Crippen molar-refractivity contribution in [3.8, 4) is 17.1 Å². The standard InChI is InChI=1S/C19H22N6O3/c1-24(2)16-7-5-15(6-8-16)20-18(27)13-25-22-19(21-23-25)14-3-9-17(10-4-14)28-12-11-26/h3-10,26H,11-13H2,1-2H3,(H,20,27). The molecule has 2 N–H and O–H groups in total. The van der Waals surface area contributed by atoms with E-state index in [1.54, 1.807) is 24.3 Å². The van der Waals surface area contributed by atoms with Crippen molar-refractivity contribution >= 4 is 17.3 Å². The summed E-state index contributed by atoms with van der Waals surface area (Å²) in [7, 11) is 3.91. The molecule has 28 heavy (non-hydrogen) atoms. The molecule has 0 bridgehead atoms. The maximum atomic E-state index is 12.2. The highest BCUT2D eigenvalue weighted by Gasteiger charge is 2.10. The predicted octanol–water partition coefficient (Wildman–Crippen LogP) is 1.42. The molecular weight excluding hydrogens is 360 g/mol. The SMILES string of the molecule is CN(C)c1ccc(NC(=O)Cn2nnc(-c3ccc(OCCO)cc3)n2)cc1. The third-order valence-corrected chi connectivity index (χ3v) is 3.88. The van der Waals surface area contributed by atoms with Crippen LogP contribution >= 0.6 is 0 Å². The van der Waals surface area contributed by atoms with Gasteiger partial charge in [0.2, 0.25) is 11.7 Å². The van der Waals surface area contributed by atoms with Crippen molar-refractivity contribution < 1.29 is 14.6 Å². The highest BCUT2D eigenvalue weighted by Crippen LogP contribution is 2.19. The number of aliphatic hydroxyl groups is 1. The highest BCUT2D eigenvalue weighted by molar-refractivity contribution is 5.90. The van der Waals surface area contributed by atoms with Gasteiger partial charge in [-0.15, -0.1) is 10.2 Å². The van der Waals surface area contributed by atoms with Crippen LogP contribution in [-0.4, -0.2) is 58.5 Å². The minimum atomic E-state index is -0.241. The van der Waals surface area contributed by atoms with Gasteiger partial charge in [-0.05, 0) is 53.7 Å². The molecule has 0 spiro atoms. The fourth-order valence-corrected chi connectivity index (χ4v) is 2.46. The van der Waals surface area contributed by atoms with Gasteiger partial charge in [-0.2, -0.15) is 4.80 Å². The van der Waals surface area contributed by atoms with Gasteiger partial charge in [0.1, 0.15) is 18.9 Å². The van der Waals surface area contributed by atoms with Crippen molar-refractivity contribution in [3.05, 3.63) is 48.5 Å². The van der Waals surface area contributed by atoms with Gasteiger partial charge in [-0.1, -0.05) is 0 Å². The van der Waals surface area contributed by atoms with Gasteiger partial charge < -0.3 is 20.1 Å². The largest absolute Gasteiger partial charge is 0.491 e. The number of tetrazole rings is 1. The average molecular weight is 382 g/mol. The quantitative estimate of drug-likeness (QED) is 0.607. The number of benzene rings is 2. The summed E-state index contributed by atoms with van der Waals surface area (Å²) in [5, 5.41) is 23.7. The lowest BCUT2D eigenvalue weighted by atomic mass is 10.2. The number of aliphatic hydroxyl groups excluding tert-OH is 1. The minimum Gasteiger partial charge on any atom is -0.491 e. The van der Waals surface area contributed by atoms with Gasteiger partial charge in [0.05, 0.1) is 6.61 Å². The van der Waals surface area contributed by atoms with E-state index >= 15 is 0 Å². The van der Waals surface area contributed by atoms with Gasteiger partial charge in [0.25, 0.3) is 0 Å². The number of rotatable bonds is 8. The lowest BCUT2D eigenvalue weighted by molar-refractivity contribution is -0.117. The Labute approximate surface area is 162 Å². The number of hydrogen-bond acceptors (Lipinski definition) is 7. The van der Waals surface area contributed by atoms with E-state index in [1.807, 2.05) is 43.3 Å². The summed E-state index contributed by atoms with van der Waals surface area (Å²) in [6.07, 6.45) is 0. The molecule has 146 valence electrons. The molecule has 3 aromatic rings. The normalized spacial score (nSPS) is 10.5. The summed E-state index contributed by atoms with van der Waals surface area (Å²) >= 11 is 0. The Morgan fingerprint density at radius 3 is 2.50 bits per heavy atom. The van der Waals surface area contributed by atoms with Crippen LogP contribution < -0.4 is 15.0 Å². The number of aromatic nitrogens is 4. The Morgan fingerprint density at radius 1 is 1.14 bits per heavy atom. The van der Waals surface area contributed by atoms with Crippen LogP contribution in [-0.2, 0) is 11.3 Å². The first-order chi connectivity index (χ1) is 13.5. The Kier molecular flexibility index (Phi) is 6.18. The van der Waals surface area contributed by atoms with Crippen LogP contribution in [0.15, 0.2) is 48.5 Å². The molecule has 0 unspecified atom stereocenters. The van der Waals surface area contributed by atoms with E-state index in [-0.39, 0.29) is 25.7 Å². The molecule has 0 aliphatic heterocycles. The topological polar surface area (TPSA) is 105 Å². The van der Waals surface area contributed by atoms with Crippen LogP contribution in [0.3, 0.4) is 0 Å². The maximum Gasteiger partial charge on any atom is 0.248 e. The van der Waals surface area contributed by atoms with Gasteiger partial charge in [0.15, 0.2) is 0 Å². The van der Waals surface area contributed by atoms with Gasteiger partial charge in [-0.25, -0.2) is 0 Å². The smallest absolute Gasteiger partial charge is 0.248 e. The first-order valence-electron chi connectivity index (χ1n) is 8.74. The van der Waals surface area contributed by atoms with Crippen LogP contribution in [0.25, 0.3) is 11.4 Å². The zero-order chi connectivity index (χ0) is 19.9. The first-order valence-corrected chi connectivity index (χ1v) is 8.74. The zero-order valence-electron chi connectivity index (χ0n) is 15.7. The highest BCUT2D eigenvalue weighted by atomic mass is 16.5. The molecule has 1 amide bonds. The van der Waals surface area contributed by atoms with Gasteiger partial charge >= 0.3 is 0 Å². The number of nitrogens with zero attached hydrogens (tertiary/aromatic N) is 5. The van der Waals surface area contributed by atoms with E-state index in [0.717, 1.165) is 11.3 Å². The second-order valence-electron chi connectivity index (χ2n) is 6.23. The van der Waals surface area contributed by atoms with Crippen LogP contribution in [0.4, 0.5) is 11.4 Å².